The van der Waals surface area contributed by atoms with Crippen LogP contribution in [-0.4, -0.2) is 35.1 Å². The number of sulfonamides is 1. The number of hydrogen-bond donors (Lipinski definition) is 1. The molecule has 3 rings (SSSR count). The first-order chi connectivity index (χ1) is 15.3. The average molecular weight is 455 g/mol. The van der Waals surface area contributed by atoms with Crippen molar-refractivity contribution in [3.05, 3.63) is 83.9 Å². The summed E-state index contributed by atoms with van der Waals surface area (Å²) in [4.78, 5) is 12.8. The number of nitrogens with one attached hydrogen (secondary N) is 1. The fourth-order valence-corrected chi connectivity index (χ4v) is 4.53. The molecule has 0 unspecified atom stereocenters. The number of anilines is 1. The van der Waals surface area contributed by atoms with E-state index in [1.807, 2.05) is 37.3 Å². The quantitative estimate of drug-likeness (QED) is 0.535. The molecule has 0 saturated heterocycles. The molecule has 0 atom stereocenters. The monoisotopic (exact) mass is 454 g/mol. The first-order valence-electron chi connectivity index (χ1n) is 9.97. The minimum atomic E-state index is -4.02. The highest BCUT2D eigenvalue weighted by molar-refractivity contribution is 7.92. The van der Waals surface area contributed by atoms with E-state index in [9.17, 15) is 13.2 Å². The van der Waals surface area contributed by atoms with E-state index in [2.05, 4.69) is 5.32 Å². The number of benzene rings is 3. The molecule has 0 radical (unpaired) electrons. The van der Waals surface area contributed by atoms with Crippen LogP contribution in [0, 0.1) is 6.92 Å². The van der Waals surface area contributed by atoms with Crippen molar-refractivity contribution < 1.29 is 22.7 Å². The molecule has 8 heteroatoms. The fraction of sp³-hybridized carbons (Fsp3) is 0.208. The van der Waals surface area contributed by atoms with Gasteiger partial charge in [0, 0.05) is 12.6 Å². The Morgan fingerprint density at radius 2 is 1.56 bits per heavy atom. The summed E-state index contributed by atoms with van der Waals surface area (Å²) in [6.45, 7) is 1.78. The predicted molar refractivity (Wildman–Crippen MR) is 124 cm³/mol. The molecule has 0 aliphatic heterocycles. The van der Waals surface area contributed by atoms with Crippen LogP contribution in [0.4, 0.5) is 5.69 Å². The van der Waals surface area contributed by atoms with Crippen molar-refractivity contribution in [1.82, 2.24) is 5.32 Å². The van der Waals surface area contributed by atoms with E-state index >= 15 is 0 Å². The maximum Gasteiger partial charge on any atom is 0.264 e. The molecular weight excluding hydrogens is 428 g/mol. The Kier molecular flexibility index (Phi) is 7.37. The summed E-state index contributed by atoms with van der Waals surface area (Å²) in [6.07, 6.45) is 0. The average Bonchev–Trinajstić information content (AvgIpc) is 2.81. The van der Waals surface area contributed by atoms with Gasteiger partial charge in [0.25, 0.3) is 10.0 Å². The fourth-order valence-electron chi connectivity index (χ4n) is 3.12. The van der Waals surface area contributed by atoms with Crippen LogP contribution in [-0.2, 0) is 21.4 Å². The molecule has 0 saturated carbocycles. The second-order valence-corrected chi connectivity index (χ2v) is 8.99. The lowest BCUT2D eigenvalue weighted by Gasteiger charge is -2.25. The van der Waals surface area contributed by atoms with Crippen LogP contribution < -0.4 is 19.1 Å². The Bertz CT molecular complexity index is 1160. The summed E-state index contributed by atoms with van der Waals surface area (Å²) in [5, 5.41) is 2.78. The maximum atomic E-state index is 13.5. The van der Waals surface area contributed by atoms with Crippen LogP contribution in [0.15, 0.2) is 77.7 Å². The standard InChI is InChI=1S/C24H26N2O5S/c1-18-9-12-21(13-10-18)32(28,29)26(20-11-14-22(30-2)23(15-20)31-3)17-24(27)25-16-19-7-5-4-6-8-19/h4-15H,16-17H2,1-3H3,(H,25,27). The number of aryl methyl sites for hydroxylation is 1. The van der Waals surface area contributed by atoms with E-state index in [0.717, 1.165) is 15.4 Å². The zero-order valence-corrected chi connectivity index (χ0v) is 19.1. The normalized spacial score (nSPS) is 11.0. The molecule has 0 spiro atoms. The highest BCUT2D eigenvalue weighted by atomic mass is 32.2. The van der Waals surface area contributed by atoms with Gasteiger partial charge in [-0.05, 0) is 36.8 Å². The Morgan fingerprint density at radius 3 is 2.19 bits per heavy atom. The first-order valence-corrected chi connectivity index (χ1v) is 11.4. The van der Waals surface area contributed by atoms with Gasteiger partial charge in [-0.2, -0.15) is 0 Å². The molecule has 3 aromatic carbocycles. The predicted octanol–water partition coefficient (Wildman–Crippen LogP) is 3.52. The van der Waals surface area contributed by atoms with Gasteiger partial charge in [-0.25, -0.2) is 8.42 Å². The molecule has 1 N–H and O–H groups in total. The molecule has 168 valence electrons. The van der Waals surface area contributed by atoms with Gasteiger partial charge in [-0.1, -0.05) is 48.0 Å². The third-order valence-electron chi connectivity index (χ3n) is 4.88. The molecule has 0 aliphatic carbocycles. The van der Waals surface area contributed by atoms with Gasteiger partial charge in [0.05, 0.1) is 24.8 Å². The van der Waals surface area contributed by atoms with E-state index in [1.54, 1.807) is 24.3 Å². The number of methoxy groups -OCH3 is 2. The molecule has 7 nitrogen and oxygen atoms in total. The largest absolute Gasteiger partial charge is 0.493 e. The molecule has 0 bridgehead atoms. The highest BCUT2D eigenvalue weighted by Gasteiger charge is 2.28. The van der Waals surface area contributed by atoms with Crippen LogP contribution in [0.3, 0.4) is 0 Å². The van der Waals surface area contributed by atoms with Gasteiger partial charge in [0.15, 0.2) is 11.5 Å². The minimum absolute atomic E-state index is 0.0914. The van der Waals surface area contributed by atoms with Crippen molar-refractivity contribution >= 4 is 21.6 Å². The Morgan fingerprint density at radius 1 is 0.906 bits per heavy atom. The molecule has 1 amide bonds. The number of ether oxygens (including phenoxy) is 2. The van der Waals surface area contributed by atoms with Crippen LogP contribution >= 0.6 is 0 Å². The highest BCUT2D eigenvalue weighted by Crippen LogP contribution is 2.33. The number of amides is 1. The molecule has 0 aromatic heterocycles. The van der Waals surface area contributed by atoms with Crippen molar-refractivity contribution in [2.45, 2.75) is 18.4 Å². The van der Waals surface area contributed by atoms with E-state index < -0.39 is 22.5 Å². The van der Waals surface area contributed by atoms with E-state index in [0.29, 0.717) is 18.0 Å². The van der Waals surface area contributed by atoms with Gasteiger partial charge in [0.1, 0.15) is 6.54 Å². The second-order valence-electron chi connectivity index (χ2n) is 7.13. The lowest BCUT2D eigenvalue weighted by molar-refractivity contribution is -0.119. The number of rotatable bonds is 9. The first kappa shape index (κ1) is 23.1. The summed E-state index contributed by atoms with van der Waals surface area (Å²) < 4.78 is 38.6. The summed E-state index contributed by atoms with van der Waals surface area (Å²) in [7, 11) is -1.06. The molecule has 0 fully saturated rings. The van der Waals surface area contributed by atoms with Crippen molar-refractivity contribution in [1.29, 1.82) is 0 Å². The summed E-state index contributed by atoms with van der Waals surface area (Å²) in [5.41, 5.74) is 2.14. The number of nitrogens with zero attached hydrogens (tertiary/aromatic N) is 1. The van der Waals surface area contributed by atoms with E-state index in [4.69, 9.17) is 9.47 Å². The summed E-state index contributed by atoms with van der Waals surface area (Å²) >= 11 is 0. The van der Waals surface area contributed by atoms with E-state index in [-0.39, 0.29) is 10.6 Å². The third kappa shape index (κ3) is 5.39. The smallest absolute Gasteiger partial charge is 0.264 e. The zero-order chi connectivity index (χ0) is 23.1. The lowest BCUT2D eigenvalue weighted by atomic mass is 10.2. The molecule has 0 heterocycles. The van der Waals surface area contributed by atoms with Gasteiger partial charge in [-0.15, -0.1) is 0 Å². The zero-order valence-electron chi connectivity index (χ0n) is 18.2. The Labute approximate surface area is 188 Å². The number of carbonyl (C=O) groups excluding carboxylic acids is 1. The van der Waals surface area contributed by atoms with E-state index in [1.165, 1.54) is 32.4 Å². The lowest BCUT2D eigenvalue weighted by Crippen LogP contribution is -2.40. The van der Waals surface area contributed by atoms with Crippen LogP contribution in [0.5, 0.6) is 11.5 Å². The third-order valence-corrected chi connectivity index (χ3v) is 6.67. The van der Waals surface area contributed by atoms with Gasteiger partial charge >= 0.3 is 0 Å². The van der Waals surface area contributed by atoms with Crippen molar-refractivity contribution in [2.24, 2.45) is 0 Å². The number of hydrogen-bond acceptors (Lipinski definition) is 5. The van der Waals surface area contributed by atoms with Crippen molar-refractivity contribution in [3.8, 4) is 11.5 Å². The van der Waals surface area contributed by atoms with Gasteiger partial charge in [0.2, 0.25) is 5.91 Å². The SMILES string of the molecule is COc1ccc(N(CC(=O)NCc2ccccc2)S(=O)(=O)c2ccc(C)cc2)cc1OC. The Balaban J connectivity index is 1.93. The van der Waals surface area contributed by atoms with Crippen LogP contribution in [0.25, 0.3) is 0 Å². The molecular formula is C24H26N2O5S. The van der Waals surface area contributed by atoms with Gasteiger partial charge < -0.3 is 14.8 Å². The number of carbonyl (C=O) groups is 1. The van der Waals surface area contributed by atoms with Crippen molar-refractivity contribution in [3.63, 3.8) is 0 Å². The van der Waals surface area contributed by atoms with Gasteiger partial charge in [-0.3, -0.25) is 9.10 Å². The summed E-state index contributed by atoms with van der Waals surface area (Å²) in [6, 6.07) is 20.6. The molecule has 3 aromatic rings. The maximum absolute atomic E-state index is 13.5. The van der Waals surface area contributed by atoms with Crippen LogP contribution in [0.2, 0.25) is 0 Å². The topological polar surface area (TPSA) is 84.9 Å². The minimum Gasteiger partial charge on any atom is -0.493 e. The Hall–Kier alpha value is -3.52. The summed E-state index contributed by atoms with van der Waals surface area (Å²) in [5.74, 6) is 0.385. The van der Waals surface area contributed by atoms with Crippen molar-refractivity contribution in [2.75, 3.05) is 25.1 Å². The second kappa shape index (κ2) is 10.2. The van der Waals surface area contributed by atoms with Crippen LogP contribution in [0.1, 0.15) is 11.1 Å². The molecule has 0 aliphatic rings. The molecule has 32 heavy (non-hydrogen) atoms.